The van der Waals surface area contributed by atoms with Gasteiger partial charge < -0.3 is 0 Å². The molecule has 0 fully saturated rings. The van der Waals surface area contributed by atoms with E-state index in [0.717, 1.165) is 11.7 Å². The topological polar surface area (TPSA) is 42.9 Å². The average Bonchev–Trinajstić information content (AvgIpc) is 2.37. The fourth-order valence-electron chi connectivity index (χ4n) is 0.552. The highest BCUT2D eigenvalue weighted by Gasteiger charge is 2.31. The molecule has 0 aromatic carbocycles. The molecule has 3 nitrogen and oxygen atoms in total. The Morgan fingerprint density at radius 2 is 2.45 bits per heavy atom. The molecule has 1 unspecified atom stereocenters. The van der Waals surface area contributed by atoms with E-state index in [4.69, 9.17) is 11.6 Å². The molecule has 0 aliphatic rings. The molecule has 0 aliphatic carbocycles. The first-order valence-electron chi connectivity index (χ1n) is 3.03. The Morgan fingerprint density at radius 1 is 1.82 bits per heavy atom. The minimum Gasteiger partial charge on any atom is -0.298 e. The zero-order valence-electron chi connectivity index (χ0n) is 6.17. The minimum atomic E-state index is -1.01. The largest absolute Gasteiger partial charge is 0.298 e. The molecule has 1 aromatic rings. The van der Waals surface area contributed by atoms with Crippen molar-refractivity contribution in [2.45, 2.75) is 18.7 Å². The lowest BCUT2D eigenvalue weighted by Gasteiger charge is -2.13. The van der Waals surface area contributed by atoms with Crippen molar-refractivity contribution >= 4 is 29.1 Å². The van der Waals surface area contributed by atoms with E-state index in [0.29, 0.717) is 5.69 Å². The van der Waals surface area contributed by atoms with E-state index in [1.165, 1.54) is 13.1 Å². The predicted molar refractivity (Wildman–Crippen MR) is 43.8 cm³/mol. The molecule has 0 N–H and O–H groups in total. The van der Waals surface area contributed by atoms with E-state index in [9.17, 15) is 4.79 Å². The van der Waals surface area contributed by atoms with Crippen molar-refractivity contribution in [2.75, 3.05) is 0 Å². The van der Waals surface area contributed by atoms with Gasteiger partial charge in [-0.2, -0.15) is 8.75 Å². The Bertz CT molecular complexity index is 258. The SMILES string of the molecule is CC(=O)C(C)(Cl)c1cnsn1. The van der Waals surface area contributed by atoms with E-state index in [2.05, 4.69) is 8.75 Å². The summed E-state index contributed by atoms with van der Waals surface area (Å²) in [5.41, 5.74) is 0.525. The molecule has 5 heteroatoms. The van der Waals surface area contributed by atoms with Gasteiger partial charge in [0, 0.05) is 0 Å². The summed E-state index contributed by atoms with van der Waals surface area (Å²) in [6, 6.07) is 0. The van der Waals surface area contributed by atoms with Crippen LogP contribution in [0.15, 0.2) is 6.20 Å². The standard InChI is InChI=1S/C6H7ClN2OS/c1-4(10)6(2,7)5-3-8-11-9-5/h3H,1-2H3. The van der Waals surface area contributed by atoms with Crippen LogP contribution in [-0.4, -0.2) is 14.5 Å². The third-order valence-corrected chi connectivity index (χ3v) is 2.44. The van der Waals surface area contributed by atoms with Gasteiger partial charge in [-0.3, -0.25) is 4.79 Å². The van der Waals surface area contributed by atoms with Crippen LogP contribution in [0.1, 0.15) is 19.5 Å². The zero-order chi connectivity index (χ0) is 8.48. The monoisotopic (exact) mass is 190 g/mol. The van der Waals surface area contributed by atoms with E-state index in [1.807, 2.05) is 0 Å². The highest BCUT2D eigenvalue weighted by Crippen LogP contribution is 2.27. The third-order valence-electron chi connectivity index (χ3n) is 1.50. The fraction of sp³-hybridized carbons (Fsp3) is 0.500. The van der Waals surface area contributed by atoms with Crippen LogP contribution < -0.4 is 0 Å². The molecule has 1 aromatic heterocycles. The molecule has 0 saturated heterocycles. The van der Waals surface area contributed by atoms with Gasteiger partial charge in [0.2, 0.25) is 0 Å². The number of rotatable bonds is 2. The van der Waals surface area contributed by atoms with Gasteiger partial charge in [0.05, 0.1) is 17.9 Å². The number of Topliss-reactive ketones (excluding diaryl/α,β-unsaturated/α-hetero) is 1. The number of hydrogen-bond acceptors (Lipinski definition) is 4. The van der Waals surface area contributed by atoms with Crippen molar-refractivity contribution in [2.24, 2.45) is 0 Å². The number of aromatic nitrogens is 2. The first kappa shape index (κ1) is 8.62. The molecule has 1 heterocycles. The van der Waals surface area contributed by atoms with Crippen LogP contribution in [-0.2, 0) is 9.67 Å². The van der Waals surface area contributed by atoms with Gasteiger partial charge in [-0.15, -0.1) is 11.6 Å². The zero-order valence-corrected chi connectivity index (χ0v) is 7.74. The van der Waals surface area contributed by atoms with E-state index >= 15 is 0 Å². The number of carbonyl (C=O) groups is 1. The Morgan fingerprint density at radius 3 is 2.82 bits per heavy atom. The lowest BCUT2D eigenvalue weighted by Crippen LogP contribution is -2.23. The Kier molecular flexibility index (Phi) is 2.25. The van der Waals surface area contributed by atoms with Gasteiger partial charge in [0.25, 0.3) is 0 Å². The van der Waals surface area contributed by atoms with E-state index in [1.54, 1.807) is 6.92 Å². The third kappa shape index (κ3) is 1.57. The van der Waals surface area contributed by atoms with E-state index < -0.39 is 4.87 Å². The second-order valence-corrected chi connectivity index (χ2v) is 3.66. The lowest BCUT2D eigenvalue weighted by atomic mass is 10.0. The molecule has 0 radical (unpaired) electrons. The molecule has 0 spiro atoms. The van der Waals surface area contributed by atoms with Gasteiger partial charge in [-0.25, -0.2) is 0 Å². The summed E-state index contributed by atoms with van der Waals surface area (Å²) in [6.07, 6.45) is 1.51. The summed E-state index contributed by atoms with van der Waals surface area (Å²) < 4.78 is 7.65. The highest BCUT2D eigenvalue weighted by atomic mass is 35.5. The van der Waals surface area contributed by atoms with Crippen molar-refractivity contribution in [3.63, 3.8) is 0 Å². The number of nitrogens with zero attached hydrogens (tertiary/aromatic N) is 2. The maximum atomic E-state index is 11.0. The molecular weight excluding hydrogens is 184 g/mol. The number of alkyl halides is 1. The molecule has 0 aliphatic heterocycles. The van der Waals surface area contributed by atoms with Crippen molar-refractivity contribution in [3.8, 4) is 0 Å². The van der Waals surface area contributed by atoms with Gasteiger partial charge in [0.15, 0.2) is 5.78 Å². The Balaban J connectivity index is 3.00. The summed E-state index contributed by atoms with van der Waals surface area (Å²) in [5, 5.41) is 0. The van der Waals surface area contributed by atoms with Gasteiger partial charge in [-0.1, -0.05) is 0 Å². The maximum absolute atomic E-state index is 11.0. The van der Waals surface area contributed by atoms with Gasteiger partial charge >= 0.3 is 0 Å². The van der Waals surface area contributed by atoms with Crippen LogP contribution >= 0.6 is 23.3 Å². The summed E-state index contributed by atoms with van der Waals surface area (Å²) in [4.78, 5) is 9.96. The fourth-order valence-corrected chi connectivity index (χ4v) is 1.20. The normalized spacial score (nSPS) is 15.9. The Labute approximate surface area is 73.7 Å². The van der Waals surface area contributed by atoms with E-state index in [-0.39, 0.29) is 5.78 Å². The molecule has 1 atom stereocenters. The molecule has 60 valence electrons. The van der Waals surface area contributed by atoms with Crippen LogP contribution in [0.2, 0.25) is 0 Å². The molecule has 0 bridgehead atoms. The van der Waals surface area contributed by atoms with Crippen LogP contribution in [0.5, 0.6) is 0 Å². The number of halogens is 1. The Hall–Kier alpha value is -0.480. The average molecular weight is 191 g/mol. The summed E-state index contributed by atoms with van der Waals surface area (Å²) >= 11 is 6.94. The number of carbonyl (C=O) groups excluding carboxylic acids is 1. The number of hydrogen-bond donors (Lipinski definition) is 0. The second kappa shape index (κ2) is 2.87. The molecule has 1 rings (SSSR count). The first-order valence-corrected chi connectivity index (χ1v) is 4.14. The lowest BCUT2D eigenvalue weighted by molar-refractivity contribution is -0.119. The molecule has 0 saturated carbocycles. The van der Waals surface area contributed by atoms with Crippen molar-refractivity contribution in [3.05, 3.63) is 11.9 Å². The molecular formula is C6H7ClN2OS. The van der Waals surface area contributed by atoms with Crippen LogP contribution in [0.25, 0.3) is 0 Å². The van der Waals surface area contributed by atoms with Crippen LogP contribution in [0.4, 0.5) is 0 Å². The van der Waals surface area contributed by atoms with Crippen LogP contribution in [0, 0.1) is 0 Å². The summed E-state index contributed by atoms with van der Waals surface area (Å²) in [5.74, 6) is -0.119. The highest BCUT2D eigenvalue weighted by molar-refractivity contribution is 6.99. The summed E-state index contributed by atoms with van der Waals surface area (Å²) in [7, 11) is 0. The van der Waals surface area contributed by atoms with Crippen molar-refractivity contribution in [1.29, 1.82) is 0 Å². The van der Waals surface area contributed by atoms with Crippen LogP contribution in [0.3, 0.4) is 0 Å². The van der Waals surface area contributed by atoms with Gasteiger partial charge in [-0.05, 0) is 13.8 Å². The molecule has 11 heavy (non-hydrogen) atoms. The summed E-state index contributed by atoms with van der Waals surface area (Å²) in [6.45, 7) is 3.06. The van der Waals surface area contributed by atoms with Gasteiger partial charge in [0.1, 0.15) is 10.6 Å². The first-order chi connectivity index (χ1) is 5.05. The molecule has 0 amide bonds. The minimum absolute atomic E-state index is 0.119. The quantitative estimate of drug-likeness (QED) is 0.666. The smallest absolute Gasteiger partial charge is 0.156 e. The maximum Gasteiger partial charge on any atom is 0.156 e. The number of ketones is 1. The van der Waals surface area contributed by atoms with Crippen molar-refractivity contribution < 1.29 is 4.79 Å². The van der Waals surface area contributed by atoms with Crippen molar-refractivity contribution in [1.82, 2.24) is 8.75 Å². The second-order valence-electron chi connectivity index (χ2n) is 2.35. The predicted octanol–water partition coefficient (Wildman–Crippen LogP) is 1.58.